The summed E-state index contributed by atoms with van der Waals surface area (Å²) in [4.78, 5) is 24.4. The highest BCUT2D eigenvalue weighted by atomic mass is 16.7. The van der Waals surface area contributed by atoms with Gasteiger partial charge in [0.1, 0.15) is 0 Å². The number of esters is 2. The van der Waals surface area contributed by atoms with E-state index in [1.807, 2.05) is 0 Å². The van der Waals surface area contributed by atoms with Crippen LogP contribution in [0.15, 0.2) is 22.5 Å². The Balaban J connectivity index is 6.64. The summed E-state index contributed by atoms with van der Waals surface area (Å²) in [6.45, 7) is 0. The Hall–Kier alpha value is -2.14. The van der Waals surface area contributed by atoms with E-state index >= 15 is 0 Å². The van der Waals surface area contributed by atoms with Gasteiger partial charge in [-0.15, -0.1) is 0 Å². The van der Waals surface area contributed by atoms with Crippen molar-refractivity contribution >= 4 is 11.9 Å². The van der Waals surface area contributed by atoms with Gasteiger partial charge < -0.3 is 39.9 Å². The number of hydrogen-bond donors (Lipinski definition) is 2. The highest BCUT2D eigenvalue weighted by Gasteiger charge is 2.33. The smallest absolute Gasteiger partial charge is 0.340 e. The molecule has 0 amide bonds. The lowest BCUT2D eigenvalue weighted by Gasteiger charge is -2.21. The Kier molecular flexibility index (Phi) is 9.65. The van der Waals surface area contributed by atoms with E-state index in [0.717, 1.165) is 14.2 Å². The summed E-state index contributed by atoms with van der Waals surface area (Å²) in [5, 5.41) is 0. The summed E-state index contributed by atoms with van der Waals surface area (Å²) in [7, 11) is 7.42. The molecule has 10 nitrogen and oxygen atoms in total. The Morgan fingerprint density at radius 2 is 0.875 bits per heavy atom. The standard InChI is InChI=1S/C14H24N2O8/c1-19-11(17)7(9(15)13(21-3)22-4)8(12(18)20-2)10(16)14(23-5)24-6/h13-14H,15-16H2,1-6H3/b9-7+,10-8+. The molecular formula is C14H24N2O8. The maximum absolute atomic E-state index is 12.2. The van der Waals surface area contributed by atoms with Crippen molar-refractivity contribution in [3.05, 3.63) is 22.5 Å². The van der Waals surface area contributed by atoms with Gasteiger partial charge in [0.25, 0.3) is 0 Å². The highest BCUT2D eigenvalue weighted by Crippen LogP contribution is 2.23. The minimum atomic E-state index is -1.13. The second-order valence-corrected chi connectivity index (χ2v) is 4.25. The lowest BCUT2D eigenvalue weighted by atomic mass is 10.0. The fourth-order valence-electron chi connectivity index (χ4n) is 1.87. The van der Waals surface area contributed by atoms with Crippen LogP contribution in [0.3, 0.4) is 0 Å². The van der Waals surface area contributed by atoms with Gasteiger partial charge in [0, 0.05) is 28.4 Å². The molecule has 0 radical (unpaired) electrons. The average molecular weight is 348 g/mol. The van der Waals surface area contributed by atoms with Gasteiger partial charge in [-0.1, -0.05) is 0 Å². The van der Waals surface area contributed by atoms with Crippen LogP contribution in [-0.2, 0) is 38.0 Å². The summed E-state index contributed by atoms with van der Waals surface area (Å²) >= 11 is 0. The van der Waals surface area contributed by atoms with E-state index in [2.05, 4.69) is 9.47 Å². The van der Waals surface area contributed by atoms with Gasteiger partial charge in [-0.05, 0) is 0 Å². The zero-order valence-corrected chi connectivity index (χ0v) is 14.6. The molecule has 0 aromatic heterocycles. The first kappa shape index (κ1) is 21.9. The molecule has 0 aromatic carbocycles. The molecule has 138 valence electrons. The van der Waals surface area contributed by atoms with Crippen molar-refractivity contribution in [3.63, 3.8) is 0 Å². The van der Waals surface area contributed by atoms with Gasteiger partial charge >= 0.3 is 11.9 Å². The molecule has 0 rings (SSSR count). The molecule has 10 heteroatoms. The fourth-order valence-corrected chi connectivity index (χ4v) is 1.87. The largest absolute Gasteiger partial charge is 0.465 e. The van der Waals surface area contributed by atoms with Crippen molar-refractivity contribution < 1.29 is 38.0 Å². The maximum Gasteiger partial charge on any atom is 0.340 e. The van der Waals surface area contributed by atoms with Crippen molar-refractivity contribution in [2.75, 3.05) is 42.7 Å². The van der Waals surface area contributed by atoms with Crippen LogP contribution in [0.1, 0.15) is 0 Å². The highest BCUT2D eigenvalue weighted by molar-refractivity contribution is 6.08. The van der Waals surface area contributed by atoms with Gasteiger partial charge in [-0.25, -0.2) is 9.59 Å². The summed E-state index contributed by atoms with van der Waals surface area (Å²) in [6.07, 6.45) is -2.26. The van der Waals surface area contributed by atoms with E-state index in [4.69, 9.17) is 30.4 Å². The number of carbonyl (C=O) groups is 2. The zero-order valence-electron chi connectivity index (χ0n) is 14.6. The van der Waals surface area contributed by atoms with Gasteiger partial charge in [-0.2, -0.15) is 0 Å². The normalized spacial score (nSPS) is 13.5. The van der Waals surface area contributed by atoms with E-state index in [-0.39, 0.29) is 22.5 Å². The second-order valence-electron chi connectivity index (χ2n) is 4.25. The molecule has 0 heterocycles. The molecule has 0 unspecified atom stereocenters. The van der Waals surface area contributed by atoms with Crippen LogP contribution in [0.4, 0.5) is 0 Å². The van der Waals surface area contributed by atoms with Crippen molar-refractivity contribution in [1.29, 1.82) is 0 Å². The van der Waals surface area contributed by atoms with E-state index < -0.39 is 24.5 Å². The molecule has 0 bridgehead atoms. The van der Waals surface area contributed by atoms with Crippen LogP contribution in [0.2, 0.25) is 0 Å². The first-order valence-corrected chi connectivity index (χ1v) is 6.61. The van der Waals surface area contributed by atoms with Crippen LogP contribution in [-0.4, -0.2) is 67.2 Å². The van der Waals surface area contributed by atoms with E-state index in [1.54, 1.807) is 0 Å². The van der Waals surface area contributed by atoms with E-state index in [1.165, 1.54) is 28.4 Å². The topological polar surface area (TPSA) is 142 Å². The molecule has 0 fully saturated rings. The summed E-state index contributed by atoms with van der Waals surface area (Å²) in [5.41, 5.74) is 10.6. The zero-order chi connectivity index (χ0) is 18.9. The Morgan fingerprint density at radius 3 is 1.04 bits per heavy atom. The maximum atomic E-state index is 12.2. The molecular weight excluding hydrogens is 324 g/mol. The van der Waals surface area contributed by atoms with Crippen LogP contribution in [0.5, 0.6) is 0 Å². The number of ether oxygens (including phenoxy) is 6. The molecule has 0 atom stereocenters. The number of rotatable bonds is 9. The molecule has 0 saturated carbocycles. The van der Waals surface area contributed by atoms with Crippen LogP contribution in [0.25, 0.3) is 0 Å². The van der Waals surface area contributed by atoms with E-state index in [9.17, 15) is 9.59 Å². The van der Waals surface area contributed by atoms with Crippen LogP contribution < -0.4 is 11.5 Å². The quantitative estimate of drug-likeness (QED) is 0.230. The predicted octanol–water partition coefficient (Wildman–Crippen LogP) is -1.00. The molecule has 24 heavy (non-hydrogen) atoms. The van der Waals surface area contributed by atoms with Crippen LogP contribution >= 0.6 is 0 Å². The number of carbonyl (C=O) groups excluding carboxylic acids is 2. The Labute approximate surface area is 140 Å². The lowest BCUT2D eigenvalue weighted by Crippen LogP contribution is -2.33. The van der Waals surface area contributed by atoms with Crippen molar-refractivity contribution in [3.8, 4) is 0 Å². The fraction of sp³-hybridized carbons (Fsp3) is 0.571. The van der Waals surface area contributed by atoms with Gasteiger partial charge in [0.2, 0.25) is 0 Å². The first-order chi connectivity index (χ1) is 11.3. The van der Waals surface area contributed by atoms with Crippen molar-refractivity contribution in [2.24, 2.45) is 11.5 Å². The predicted molar refractivity (Wildman–Crippen MR) is 82.1 cm³/mol. The SMILES string of the molecule is COC(=O)C(/C(C(=O)OC)=C(\N)C(OC)OC)=C(/N)C(OC)OC. The third kappa shape index (κ3) is 4.93. The minimum Gasteiger partial charge on any atom is -0.465 e. The van der Waals surface area contributed by atoms with Gasteiger partial charge in [0.15, 0.2) is 12.6 Å². The van der Waals surface area contributed by atoms with Gasteiger partial charge in [0.05, 0.1) is 36.8 Å². The lowest BCUT2D eigenvalue weighted by molar-refractivity contribution is -0.140. The number of hydrogen-bond acceptors (Lipinski definition) is 10. The molecule has 0 saturated heterocycles. The van der Waals surface area contributed by atoms with Crippen molar-refractivity contribution in [1.82, 2.24) is 0 Å². The third-order valence-electron chi connectivity index (χ3n) is 2.97. The average Bonchev–Trinajstić information content (AvgIpc) is 2.59. The molecule has 0 aliphatic rings. The van der Waals surface area contributed by atoms with Crippen LogP contribution in [0, 0.1) is 0 Å². The third-order valence-corrected chi connectivity index (χ3v) is 2.97. The Bertz CT molecular complexity index is 461. The first-order valence-electron chi connectivity index (χ1n) is 6.61. The second kappa shape index (κ2) is 10.6. The van der Waals surface area contributed by atoms with Gasteiger partial charge in [-0.3, -0.25) is 0 Å². The Morgan fingerprint density at radius 1 is 0.625 bits per heavy atom. The number of methoxy groups -OCH3 is 6. The monoisotopic (exact) mass is 348 g/mol. The molecule has 0 aliphatic heterocycles. The minimum absolute atomic E-state index is 0.235. The summed E-state index contributed by atoms with van der Waals surface area (Å²) in [6, 6.07) is 0. The molecule has 0 aliphatic carbocycles. The number of nitrogens with two attached hydrogens (primary N) is 2. The summed E-state index contributed by atoms with van der Waals surface area (Å²) in [5.74, 6) is -1.89. The summed E-state index contributed by atoms with van der Waals surface area (Å²) < 4.78 is 29.4. The van der Waals surface area contributed by atoms with Crippen molar-refractivity contribution in [2.45, 2.75) is 12.6 Å². The molecule has 0 spiro atoms. The van der Waals surface area contributed by atoms with E-state index in [0.29, 0.717) is 0 Å². The molecule has 4 N–H and O–H groups in total. The molecule has 0 aromatic rings.